The number of hydrogen-bond acceptors (Lipinski definition) is 1. The molecule has 0 aliphatic heterocycles. The highest BCUT2D eigenvalue weighted by Gasteiger charge is 2.15. The molecule has 0 N–H and O–H groups in total. The summed E-state index contributed by atoms with van der Waals surface area (Å²) >= 11 is 0. The smallest absolute Gasteiger partial charge is 0.239 e. The molecule has 94 valence electrons. The van der Waals surface area contributed by atoms with Crippen LogP contribution in [-0.2, 0) is 4.43 Å². The molecule has 2 rings (SSSR count). The van der Waals surface area contributed by atoms with E-state index in [1.165, 1.54) is 10.4 Å². The van der Waals surface area contributed by atoms with Crippen LogP contribution in [0.2, 0.25) is 0 Å². The molecule has 0 unspecified atom stereocenters. The van der Waals surface area contributed by atoms with E-state index in [0.717, 1.165) is 6.61 Å². The van der Waals surface area contributed by atoms with Crippen molar-refractivity contribution in [2.75, 3.05) is 6.61 Å². The molecule has 0 aromatic heterocycles. The molecule has 0 atom stereocenters. The summed E-state index contributed by atoms with van der Waals surface area (Å²) in [6.45, 7) is 8.84. The molecule has 0 heterocycles. The lowest BCUT2D eigenvalue weighted by molar-refractivity contribution is 0.358. The van der Waals surface area contributed by atoms with Crippen LogP contribution in [0.4, 0.5) is 0 Å². The molecule has 0 aliphatic carbocycles. The number of rotatable bonds is 4. The zero-order chi connectivity index (χ0) is 13.2. The van der Waals surface area contributed by atoms with Gasteiger partial charge in [0.15, 0.2) is 0 Å². The fourth-order valence-corrected chi connectivity index (χ4v) is 4.05. The second-order valence-corrected chi connectivity index (χ2v) is 6.08. The van der Waals surface area contributed by atoms with Gasteiger partial charge in [-0.2, -0.15) is 0 Å². The maximum Gasteiger partial charge on any atom is 0.239 e. The van der Waals surface area contributed by atoms with Crippen LogP contribution in [-0.4, -0.2) is 15.6 Å². The van der Waals surface area contributed by atoms with Crippen LogP contribution in [0.3, 0.4) is 0 Å². The Bertz CT molecular complexity index is 388. The summed E-state index contributed by atoms with van der Waals surface area (Å²) in [7, 11) is -1.45. The van der Waals surface area contributed by atoms with Gasteiger partial charge in [-0.15, -0.1) is 13.2 Å². The van der Waals surface area contributed by atoms with Crippen molar-refractivity contribution in [3.8, 4) is 0 Å². The monoisotopic (exact) mass is 256 g/mol. The third-order valence-corrected chi connectivity index (χ3v) is 5.19. The lowest BCUT2D eigenvalue weighted by Gasteiger charge is -2.15. The molecule has 2 aromatic rings. The molecule has 1 nitrogen and oxygen atoms in total. The summed E-state index contributed by atoms with van der Waals surface area (Å²) in [5.74, 6) is 0. The molecule has 0 aliphatic rings. The van der Waals surface area contributed by atoms with E-state index in [4.69, 9.17) is 4.43 Å². The lowest BCUT2D eigenvalue weighted by Crippen LogP contribution is -2.44. The van der Waals surface area contributed by atoms with Gasteiger partial charge in [0.25, 0.3) is 0 Å². The van der Waals surface area contributed by atoms with Crippen LogP contribution in [0, 0.1) is 0 Å². The van der Waals surface area contributed by atoms with E-state index in [0.29, 0.717) is 0 Å². The maximum absolute atomic E-state index is 5.95. The van der Waals surface area contributed by atoms with Crippen molar-refractivity contribution >= 4 is 19.4 Å². The highest BCUT2D eigenvalue weighted by atomic mass is 28.3. The highest BCUT2D eigenvalue weighted by molar-refractivity contribution is 6.80. The molecule has 0 bridgehead atoms. The van der Waals surface area contributed by atoms with Crippen LogP contribution in [0.1, 0.15) is 6.92 Å². The molecule has 0 saturated heterocycles. The Kier molecular flexibility index (Phi) is 6.77. The quantitative estimate of drug-likeness (QED) is 0.603. The molecule has 0 amide bonds. The zero-order valence-corrected chi connectivity index (χ0v) is 12.0. The Balaban J connectivity index is 0.000000771. The average Bonchev–Trinajstić information content (AvgIpc) is 2.49. The van der Waals surface area contributed by atoms with Crippen molar-refractivity contribution in [3.63, 3.8) is 0 Å². The van der Waals surface area contributed by atoms with Gasteiger partial charge < -0.3 is 4.43 Å². The topological polar surface area (TPSA) is 9.23 Å². The Morgan fingerprint density at radius 3 is 1.56 bits per heavy atom. The third kappa shape index (κ3) is 3.98. The third-order valence-electron chi connectivity index (χ3n) is 2.54. The van der Waals surface area contributed by atoms with Crippen molar-refractivity contribution in [1.82, 2.24) is 0 Å². The zero-order valence-electron chi connectivity index (χ0n) is 10.9. The van der Waals surface area contributed by atoms with Crippen LogP contribution in [0.25, 0.3) is 0 Å². The predicted molar refractivity (Wildman–Crippen MR) is 82.2 cm³/mol. The van der Waals surface area contributed by atoms with Gasteiger partial charge in [-0.1, -0.05) is 60.7 Å². The van der Waals surface area contributed by atoms with Crippen LogP contribution >= 0.6 is 0 Å². The highest BCUT2D eigenvalue weighted by Crippen LogP contribution is 1.94. The molecular weight excluding hydrogens is 236 g/mol. The summed E-state index contributed by atoms with van der Waals surface area (Å²) in [5.41, 5.74) is 0. The van der Waals surface area contributed by atoms with Crippen molar-refractivity contribution in [2.24, 2.45) is 0 Å². The Hall–Kier alpha value is -1.64. The molecule has 18 heavy (non-hydrogen) atoms. The predicted octanol–water partition coefficient (Wildman–Crippen LogP) is 2.36. The van der Waals surface area contributed by atoms with Gasteiger partial charge >= 0.3 is 0 Å². The summed E-state index contributed by atoms with van der Waals surface area (Å²) in [5, 5.41) is 2.69. The van der Waals surface area contributed by atoms with E-state index in [1.807, 2.05) is 12.1 Å². The van der Waals surface area contributed by atoms with Crippen molar-refractivity contribution < 1.29 is 4.43 Å². The Morgan fingerprint density at radius 2 is 1.22 bits per heavy atom. The van der Waals surface area contributed by atoms with E-state index < -0.39 is 9.04 Å². The standard InChI is InChI=1S/C14H16OSi.C2H4/c1-2-15-16(13-9-5-3-6-10-13)14-11-7-4-8-12-14;1-2/h3-12,16H,2H2,1H3;1-2H2. The first-order valence-corrected chi connectivity index (χ1v) is 7.76. The normalized spacial score (nSPS) is 9.67. The largest absolute Gasteiger partial charge is 0.411 e. The first kappa shape index (κ1) is 14.4. The van der Waals surface area contributed by atoms with E-state index in [2.05, 4.69) is 68.6 Å². The van der Waals surface area contributed by atoms with E-state index in [1.54, 1.807) is 0 Å². The Labute approximate surface area is 111 Å². The fourth-order valence-electron chi connectivity index (χ4n) is 1.81. The molecule has 0 spiro atoms. The summed E-state index contributed by atoms with van der Waals surface area (Å²) in [6.07, 6.45) is 0. The molecule has 2 heteroatoms. The fraction of sp³-hybridized carbons (Fsp3) is 0.125. The van der Waals surface area contributed by atoms with Gasteiger partial charge in [0.2, 0.25) is 9.04 Å². The number of hydrogen-bond donors (Lipinski definition) is 0. The second-order valence-electron chi connectivity index (χ2n) is 3.66. The summed E-state index contributed by atoms with van der Waals surface area (Å²) in [6, 6.07) is 21.1. The second kappa shape index (κ2) is 8.45. The van der Waals surface area contributed by atoms with Gasteiger partial charge in [-0.3, -0.25) is 0 Å². The molecule has 0 fully saturated rings. The minimum absolute atomic E-state index is 0.778. The molecule has 2 aromatic carbocycles. The van der Waals surface area contributed by atoms with Crippen molar-refractivity contribution in [2.45, 2.75) is 6.92 Å². The summed E-state index contributed by atoms with van der Waals surface area (Å²) in [4.78, 5) is 0. The summed E-state index contributed by atoms with van der Waals surface area (Å²) < 4.78 is 5.95. The van der Waals surface area contributed by atoms with E-state index in [-0.39, 0.29) is 0 Å². The van der Waals surface area contributed by atoms with Gasteiger partial charge in [-0.05, 0) is 17.3 Å². The maximum atomic E-state index is 5.95. The SMILES string of the molecule is C=C.CCO[SiH](c1ccccc1)c1ccccc1. The lowest BCUT2D eigenvalue weighted by atomic mass is 10.4. The van der Waals surface area contributed by atoms with Crippen molar-refractivity contribution in [3.05, 3.63) is 73.8 Å². The molecule has 0 radical (unpaired) electrons. The van der Waals surface area contributed by atoms with Gasteiger partial charge in [0, 0.05) is 6.61 Å². The van der Waals surface area contributed by atoms with Gasteiger partial charge in [0.05, 0.1) is 0 Å². The van der Waals surface area contributed by atoms with Crippen molar-refractivity contribution in [1.29, 1.82) is 0 Å². The molecular formula is C16H20OSi. The van der Waals surface area contributed by atoms with E-state index in [9.17, 15) is 0 Å². The van der Waals surface area contributed by atoms with Crippen LogP contribution < -0.4 is 10.4 Å². The average molecular weight is 256 g/mol. The van der Waals surface area contributed by atoms with Crippen LogP contribution in [0.15, 0.2) is 73.8 Å². The molecule has 0 saturated carbocycles. The number of benzene rings is 2. The minimum atomic E-state index is -1.45. The van der Waals surface area contributed by atoms with Gasteiger partial charge in [0.1, 0.15) is 0 Å². The first-order valence-electron chi connectivity index (χ1n) is 6.13. The first-order chi connectivity index (χ1) is 8.92. The van der Waals surface area contributed by atoms with Gasteiger partial charge in [-0.25, -0.2) is 0 Å². The van der Waals surface area contributed by atoms with E-state index >= 15 is 0 Å². The minimum Gasteiger partial charge on any atom is -0.411 e. The Morgan fingerprint density at radius 1 is 0.833 bits per heavy atom. The van der Waals surface area contributed by atoms with Crippen LogP contribution in [0.5, 0.6) is 0 Å².